The molecule has 1 N–H and O–H groups in total. The van der Waals surface area contributed by atoms with E-state index in [0.717, 1.165) is 17.3 Å². The molecular weight excluding hydrogens is 690 g/mol. The smallest absolute Gasteiger partial charge is 0.444 e. The van der Waals surface area contributed by atoms with Crippen molar-refractivity contribution in [2.75, 3.05) is 6.54 Å². The van der Waals surface area contributed by atoms with Crippen LogP contribution in [0, 0.1) is 6.92 Å². The summed E-state index contributed by atoms with van der Waals surface area (Å²) in [6.07, 6.45) is 0.575. The highest BCUT2D eigenvalue weighted by molar-refractivity contribution is 7.87. The molecule has 2 atom stereocenters. The maximum absolute atomic E-state index is 13.8. The van der Waals surface area contributed by atoms with Gasteiger partial charge in [-0.2, -0.15) is 21.6 Å². The van der Waals surface area contributed by atoms with Gasteiger partial charge in [0, 0.05) is 35.7 Å². The Morgan fingerprint density at radius 2 is 1.80 bits per heavy atom. The van der Waals surface area contributed by atoms with Gasteiger partial charge in [-0.1, -0.05) is 30.3 Å². The average molecular weight is 723 g/mol. The van der Waals surface area contributed by atoms with Gasteiger partial charge < -0.3 is 23.6 Å². The summed E-state index contributed by atoms with van der Waals surface area (Å²) in [5, 5.41) is 13.4. The van der Waals surface area contributed by atoms with Crippen LogP contribution in [0.15, 0.2) is 52.3 Å². The van der Waals surface area contributed by atoms with E-state index < -0.39 is 56.4 Å². The molecule has 0 radical (unpaired) electrons. The number of carbonyl (C=O) groups is 2. The minimum atomic E-state index is -6.17. The molecule has 0 aliphatic carbocycles. The van der Waals surface area contributed by atoms with Crippen molar-refractivity contribution in [2.24, 2.45) is 0 Å². The van der Waals surface area contributed by atoms with Gasteiger partial charge in [-0.25, -0.2) is 14.8 Å². The Kier molecular flexibility index (Phi) is 9.75. The van der Waals surface area contributed by atoms with E-state index >= 15 is 0 Å². The van der Waals surface area contributed by atoms with Crippen LogP contribution in [0.5, 0.6) is 5.88 Å². The number of nitrogens with one attached hydrogen (secondary N) is 1. The first-order chi connectivity index (χ1) is 22.8. The second kappa shape index (κ2) is 13.4. The fraction of sp³-hybridized carbons (Fsp3) is 0.419. The number of ether oxygens (including phenoxy) is 1. The molecule has 4 heterocycles. The summed E-state index contributed by atoms with van der Waals surface area (Å²) in [5.74, 6) is -2.19. The number of pyridine rings is 1. The second-order valence-electron chi connectivity index (χ2n) is 12.6. The Labute approximate surface area is 284 Å². The van der Waals surface area contributed by atoms with Crippen molar-refractivity contribution in [2.45, 2.75) is 76.6 Å². The first kappa shape index (κ1) is 35.7. The van der Waals surface area contributed by atoms with Gasteiger partial charge in [0.25, 0.3) is 5.91 Å². The fourth-order valence-corrected chi connectivity index (χ4v) is 6.50. The predicted molar refractivity (Wildman–Crippen MR) is 170 cm³/mol. The van der Waals surface area contributed by atoms with Crippen molar-refractivity contribution in [3.05, 3.63) is 75.7 Å². The summed E-state index contributed by atoms with van der Waals surface area (Å²) in [4.78, 5) is 36.5. The third-order valence-electron chi connectivity index (χ3n) is 7.26. The molecule has 0 bridgehead atoms. The van der Waals surface area contributed by atoms with E-state index in [4.69, 9.17) is 9.15 Å². The zero-order valence-corrected chi connectivity index (χ0v) is 28.7. The lowest BCUT2D eigenvalue weighted by Crippen LogP contribution is -2.47. The summed E-state index contributed by atoms with van der Waals surface area (Å²) in [7, 11) is -6.17. The number of amides is 2. The average Bonchev–Trinajstić information content (AvgIpc) is 3.76. The molecule has 1 aliphatic rings. The lowest BCUT2D eigenvalue weighted by molar-refractivity contribution is -0.0501. The molecule has 0 saturated carbocycles. The lowest BCUT2D eigenvalue weighted by Gasteiger charge is -2.29. The van der Waals surface area contributed by atoms with Gasteiger partial charge in [0.05, 0.1) is 6.04 Å². The van der Waals surface area contributed by atoms with Crippen LogP contribution in [0.4, 0.5) is 18.0 Å². The first-order valence-electron chi connectivity index (χ1n) is 15.0. The van der Waals surface area contributed by atoms with Gasteiger partial charge in [-0.15, -0.1) is 21.5 Å². The van der Waals surface area contributed by atoms with E-state index in [9.17, 15) is 31.2 Å². The number of hydrogen-bond donors (Lipinski definition) is 1. The molecule has 2 amide bonds. The van der Waals surface area contributed by atoms with Crippen LogP contribution in [-0.4, -0.2) is 63.1 Å². The third-order valence-corrected chi connectivity index (χ3v) is 9.28. The fourth-order valence-electron chi connectivity index (χ4n) is 5.15. The van der Waals surface area contributed by atoms with Crippen LogP contribution in [0.3, 0.4) is 0 Å². The molecule has 4 aromatic rings. The summed E-state index contributed by atoms with van der Waals surface area (Å²) in [5.41, 5.74) is -7.03. The van der Waals surface area contributed by atoms with Crippen molar-refractivity contribution < 1.29 is 44.5 Å². The van der Waals surface area contributed by atoms with E-state index in [1.54, 1.807) is 39.8 Å². The minimum absolute atomic E-state index is 0.119. The maximum atomic E-state index is 13.8. The highest BCUT2D eigenvalue weighted by Gasteiger charge is 2.49. The summed E-state index contributed by atoms with van der Waals surface area (Å²) < 4.78 is 79.6. The summed E-state index contributed by atoms with van der Waals surface area (Å²) >= 11 is 1.36. The first-order valence-corrected chi connectivity index (χ1v) is 17.3. The quantitative estimate of drug-likeness (QED) is 0.157. The molecule has 1 aliphatic heterocycles. The number of likely N-dealkylation sites (tertiary alicyclic amines) is 1. The van der Waals surface area contributed by atoms with Gasteiger partial charge in [0.15, 0.2) is 0 Å². The molecule has 1 aromatic carbocycles. The SMILES string of the molecule is Cc1csc([C@H]2CCCN2C(=O)c2cc(-c3nnc([C@@](C)(Cc4ccccc4)NC(=O)OC(C)(C)C)o3)cc(OS(=O)(=O)C(F)(F)F)n2)n1. The molecule has 18 heteroatoms. The zero-order valence-electron chi connectivity index (χ0n) is 27.1. The number of thiazole rings is 1. The molecule has 0 spiro atoms. The molecule has 5 rings (SSSR count). The number of halogens is 3. The van der Waals surface area contributed by atoms with E-state index in [1.807, 2.05) is 30.5 Å². The van der Waals surface area contributed by atoms with Crippen LogP contribution in [0.25, 0.3) is 11.5 Å². The number of benzene rings is 1. The number of carbonyl (C=O) groups excluding carboxylic acids is 2. The monoisotopic (exact) mass is 722 g/mol. The van der Waals surface area contributed by atoms with Crippen LogP contribution >= 0.6 is 11.3 Å². The largest absolute Gasteiger partial charge is 0.534 e. The van der Waals surface area contributed by atoms with Gasteiger partial charge in [0.1, 0.15) is 21.8 Å². The second-order valence-corrected chi connectivity index (χ2v) is 15.0. The number of hydrogen-bond acceptors (Lipinski definition) is 12. The van der Waals surface area contributed by atoms with Gasteiger partial charge in [0.2, 0.25) is 17.7 Å². The molecule has 13 nitrogen and oxygen atoms in total. The van der Waals surface area contributed by atoms with E-state index in [1.165, 1.54) is 22.3 Å². The molecule has 49 heavy (non-hydrogen) atoms. The van der Waals surface area contributed by atoms with Crippen LogP contribution < -0.4 is 9.50 Å². The molecule has 262 valence electrons. The summed E-state index contributed by atoms with van der Waals surface area (Å²) in [6.45, 7) is 8.79. The lowest BCUT2D eigenvalue weighted by atomic mass is 9.92. The molecule has 3 aromatic heterocycles. The van der Waals surface area contributed by atoms with E-state index in [-0.39, 0.29) is 23.8 Å². The Bertz CT molecular complexity index is 1940. The highest BCUT2D eigenvalue weighted by atomic mass is 32.2. The number of alkyl halides is 3. The van der Waals surface area contributed by atoms with Gasteiger partial charge in [-0.05, 0) is 59.1 Å². The molecule has 1 fully saturated rings. The highest BCUT2D eigenvalue weighted by Crippen LogP contribution is 2.36. The van der Waals surface area contributed by atoms with Gasteiger partial charge >= 0.3 is 21.7 Å². The van der Waals surface area contributed by atoms with Crippen molar-refractivity contribution in [3.8, 4) is 17.3 Å². The standard InChI is InChI=1S/C31H33F3N6O7S2/c1-18-17-48-25(35-18)22-12-9-13-40(22)26(41)21-14-20(15-23(36-21)47-49(43,44)31(32,33)34)24-38-39-27(45-24)30(5,16-19-10-7-6-8-11-19)37-28(42)46-29(2,3)4/h6-8,10-11,14-15,17,22H,9,12-13,16H2,1-5H3,(H,37,42)/t22-,30-/m1/s1. The number of alkyl carbamates (subject to hydrolysis) is 1. The maximum Gasteiger partial charge on any atom is 0.534 e. The normalized spacial score (nSPS) is 16.7. The Balaban J connectivity index is 1.55. The van der Waals surface area contributed by atoms with Crippen LogP contribution in [0.2, 0.25) is 0 Å². The molecule has 1 saturated heterocycles. The van der Waals surface area contributed by atoms with E-state index in [2.05, 4.69) is 29.7 Å². The number of aryl methyl sites for hydroxylation is 1. The predicted octanol–water partition coefficient (Wildman–Crippen LogP) is 6.08. The Hall–Kier alpha value is -4.58. The van der Waals surface area contributed by atoms with Crippen molar-refractivity contribution in [1.82, 2.24) is 30.4 Å². The van der Waals surface area contributed by atoms with Crippen molar-refractivity contribution in [1.29, 1.82) is 0 Å². The zero-order chi connectivity index (χ0) is 35.8. The van der Waals surface area contributed by atoms with Crippen LogP contribution in [-0.2, 0) is 26.8 Å². The van der Waals surface area contributed by atoms with Crippen LogP contribution in [0.1, 0.15) is 79.2 Å². The Morgan fingerprint density at radius 3 is 2.43 bits per heavy atom. The van der Waals surface area contributed by atoms with Gasteiger partial charge in [-0.3, -0.25) is 4.79 Å². The third kappa shape index (κ3) is 8.36. The number of nitrogens with zero attached hydrogens (tertiary/aromatic N) is 5. The Morgan fingerprint density at radius 1 is 1.08 bits per heavy atom. The number of rotatable bonds is 9. The number of aromatic nitrogens is 4. The molecular formula is C31H33F3N6O7S2. The minimum Gasteiger partial charge on any atom is -0.444 e. The van der Waals surface area contributed by atoms with Crippen molar-refractivity contribution in [3.63, 3.8) is 0 Å². The van der Waals surface area contributed by atoms with E-state index in [0.29, 0.717) is 24.4 Å². The topological polar surface area (TPSA) is 167 Å². The summed E-state index contributed by atoms with van der Waals surface area (Å²) in [6, 6.07) is 10.6. The molecule has 0 unspecified atom stereocenters. The van der Waals surface area contributed by atoms with Crippen molar-refractivity contribution >= 4 is 33.5 Å².